The van der Waals surface area contributed by atoms with Gasteiger partial charge < -0.3 is 10.1 Å². The predicted molar refractivity (Wildman–Crippen MR) is 74.1 cm³/mol. The molecule has 3 nitrogen and oxygen atoms in total. The summed E-state index contributed by atoms with van der Waals surface area (Å²) in [6.45, 7) is 2.45. The van der Waals surface area contributed by atoms with Gasteiger partial charge in [0, 0.05) is 24.7 Å². The minimum Gasteiger partial charge on any atom is -0.381 e. The van der Waals surface area contributed by atoms with Crippen LogP contribution in [0.5, 0.6) is 0 Å². The number of nitrogens with one attached hydrogen (secondary N) is 1. The molecule has 0 unspecified atom stereocenters. The zero-order valence-electron chi connectivity index (χ0n) is 10.6. The molecule has 1 aliphatic heterocycles. The number of thioether (sulfide) groups is 1. The molecule has 1 aliphatic rings. The Morgan fingerprint density at radius 1 is 1.50 bits per heavy atom. The smallest absolute Gasteiger partial charge is 0.252 e. The van der Waals surface area contributed by atoms with Crippen LogP contribution in [0.15, 0.2) is 29.2 Å². The first kappa shape index (κ1) is 13.4. The molecule has 0 aliphatic carbocycles. The highest BCUT2D eigenvalue weighted by atomic mass is 32.2. The van der Waals surface area contributed by atoms with Gasteiger partial charge in [-0.15, -0.1) is 11.8 Å². The molecule has 18 heavy (non-hydrogen) atoms. The molecule has 1 atom stereocenters. The molecule has 1 aromatic carbocycles. The van der Waals surface area contributed by atoms with Gasteiger partial charge in [-0.25, -0.2) is 0 Å². The number of hydrogen-bond donors (Lipinski definition) is 1. The normalized spacial score (nSPS) is 18.8. The second-order valence-corrected chi connectivity index (χ2v) is 5.32. The van der Waals surface area contributed by atoms with Crippen molar-refractivity contribution in [3.8, 4) is 0 Å². The van der Waals surface area contributed by atoms with Crippen molar-refractivity contribution in [2.24, 2.45) is 5.92 Å². The van der Waals surface area contributed by atoms with E-state index in [1.165, 1.54) is 0 Å². The Kier molecular flexibility index (Phi) is 5.08. The van der Waals surface area contributed by atoms with Crippen molar-refractivity contribution < 1.29 is 9.53 Å². The van der Waals surface area contributed by atoms with E-state index in [-0.39, 0.29) is 5.91 Å². The standard InChI is InChI=1S/C14H19NO2S/c1-18-13-5-3-2-4-12(13)14(16)15-8-6-11-7-9-17-10-11/h2-5,11H,6-10H2,1H3,(H,15,16)/t11-/m0/s1. The summed E-state index contributed by atoms with van der Waals surface area (Å²) < 4.78 is 5.32. The average Bonchev–Trinajstić information content (AvgIpc) is 2.91. The number of ether oxygens (including phenoxy) is 1. The molecule has 0 bridgehead atoms. The van der Waals surface area contributed by atoms with Crippen LogP contribution in [0.3, 0.4) is 0 Å². The zero-order chi connectivity index (χ0) is 12.8. The lowest BCUT2D eigenvalue weighted by Crippen LogP contribution is -2.26. The topological polar surface area (TPSA) is 38.3 Å². The number of benzene rings is 1. The summed E-state index contributed by atoms with van der Waals surface area (Å²) in [6, 6.07) is 7.71. The van der Waals surface area contributed by atoms with E-state index in [0.29, 0.717) is 5.92 Å². The lowest BCUT2D eigenvalue weighted by molar-refractivity contribution is 0.0947. The van der Waals surface area contributed by atoms with E-state index in [2.05, 4.69) is 5.32 Å². The van der Waals surface area contributed by atoms with Crippen LogP contribution in [0, 0.1) is 5.92 Å². The minimum absolute atomic E-state index is 0.0267. The molecule has 2 rings (SSSR count). The van der Waals surface area contributed by atoms with E-state index in [9.17, 15) is 4.79 Å². The van der Waals surface area contributed by atoms with Gasteiger partial charge in [0.15, 0.2) is 0 Å². The number of carbonyl (C=O) groups is 1. The zero-order valence-corrected chi connectivity index (χ0v) is 11.5. The van der Waals surface area contributed by atoms with Gasteiger partial charge in [-0.3, -0.25) is 4.79 Å². The van der Waals surface area contributed by atoms with Crippen molar-refractivity contribution in [1.29, 1.82) is 0 Å². The molecule has 0 aromatic heterocycles. The largest absolute Gasteiger partial charge is 0.381 e. The van der Waals surface area contributed by atoms with Gasteiger partial charge in [0.05, 0.1) is 5.56 Å². The molecule has 0 radical (unpaired) electrons. The third kappa shape index (κ3) is 3.50. The third-order valence-electron chi connectivity index (χ3n) is 3.21. The van der Waals surface area contributed by atoms with Crippen molar-refractivity contribution in [3.05, 3.63) is 29.8 Å². The first-order valence-corrected chi connectivity index (χ1v) is 7.52. The second kappa shape index (κ2) is 6.81. The molecular formula is C14H19NO2S. The fourth-order valence-corrected chi connectivity index (χ4v) is 2.72. The van der Waals surface area contributed by atoms with Crippen LogP contribution in [-0.2, 0) is 4.74 Å². The van der Waals surface area contributed by atoms with Crippen molar-refractivity contribution in [2.45, 2.75) is 17.7 Å². The summed E-state index contributed by atoms with van der Waals surface area (Å²) in [5.74, 6) is 0.639. The first-order valence-electron chi connectivity index (χ1n) is 6.30. The van der Waals surface area contributed by atoms with E-state index in [1.54, 1.807) is 11.8 Å². The highest BCUT2D eigenvalue weighted by Gasteiger charge is 2.16. The summed E-state index contributed by atoms with van der Waals surface area (Å²) >= 11 is 1.60. The van der Waals surface area contributed by atoms with E-state index in [4.69, 9.17) is 4.74 Å². The molecule has 1 heterocycles. The Hall–Kier alpha value is -1.00. The van der Waals surface area contributed by atoms with Gasteiger partial charge >= 0.3 is 0 Å². The van der Waals surface area contributed by atoms with Gasteiger partial charge in [-0.1, -0.05) is 12.1 Å². The van der Waals surface area contributed by atoms with Gasteiger partial charge in [-0.2, -0.15) is 0 Å². The number of hydrogen-bond acceptors (Lipinski definition) is 3. The molecule has 1 fully saturated rings. The maximum atomic E-state index is 12.0. The Balaban J connectivity index is 1.83. The summed E-state index contributed by atoms with van der Waals surface area (Å²) in [6.07, 6.45) is 4.12. The second-order valence-electron chi connectivity index (χ2n) is 4.47. The molecule has 1 aromatic rings. The van der Waals surface area contributed by atoms with E-state index >= 15 is 0 Å². The van der Waals surface area contributed by atoms with Crippen molar-refractivity contribution in [3.63, 3.8) is 0 Å². The Labute approximate surface area is 112 Å². The van der Waals surface area contributed by atoms with Crippen LogP contribution >= 0.6 is 11.8 Å². The van der Waals surface area contributed by atoms with Crippen LogP contribution in [-0.4, -0.2) is 31.9 Å². The summed E-state index contributed by atoms with van der Waals surface area (Å²) in [5.41, 5.74) is 0.771. The Morgan fingerprint density at radius 3 is 3.06 bits per heavy atom. The first-order chi connectivity index (χ1) is 8.81. The molecule has 1 saturated heterocycles. The van der Waals surface area contributed by atoms with Crippen LogP contribution < -0.4 is 5.32 Å². The fourth-order valence-electron chi connectivity index (χ4n) is 2.13. The maximum absolute atomic E-state index is 12.0. The van der Waals surface area contributed by atoms with Crippen molar-refractivity contribution >= 4 is 17.7 Å². The van der Waals surface area contributed by atoms with Crippen LogP contribution in [0.2, 0.25) is 0 Å². The summed E-state index contributed by atoms with van der Waals surface area (Å²) in [4.78, 5) is 13.1. The summed E-state index contributed by atoms with van der Waals surface area (Å²) in [5, 5.41) is 2.99. The summed E-state index contributed by atoms with van der Waals surface area (Å²) in [7, 11) is 0. The molecule has 4 heteroatoms. The molecule has 1 amide bonds. The van der Waals surface area contributed by atoms with Crippen molar-refractivity contribution in [2.75, 3.05) is 26.0 Å². The lowest BCUT2D eigenvalue weighted by Gasteiger charge is -2.10. The lowest BCUT2D eigenvalue weighted by atomic mass is 10.1. The molecule has 0 spiro atoms. The predicted octanol–water partition coefficient (Wildman–Crippen LogP) is 2.56. The SMILES string of the molecule is CSc1ccccc1C(=O)NCC[C@H]1CCOC1. The van der Waals surface area contributed by atoms with Crippen molar-refractivity contribution in [1.82, 2.24) is 5.32 Å². The Morgan fingerprint density at radius 2 is 2.33 bits per heavy atom. The van der Waals surface area contributed by atoms with Gasteiger partial charge in [0.2, 0.25) is 0 Å². The van der Waals surface area contributed by atoms with Gasteiger partial charge in [-0.05, 0) is 37.1 Å². The number of rotatable bonds is 5. The van der Waals surface area contributed by atoms with Crippen LogP contribution in [0.25, 0.3) is 0 Å². The van der Waals surface area contributed by atoms with E-state index < -0.39 is 0 Å². The highest BCUT2D eigenvalue weighted by molar-refractivity contribution is 7.98. The molecule has 98 valence electrons. The Bertz CT molecular complexity index is 403. The number of carbonyl (C=O) groups excluding carboxylic acids is 1. The average molecular weight is 265 g/mol. The molecule has 1 N–H and O–H groups in total. The van der Waals surface area contributed by atoms with Gasteiger partial charge in [0.1, 0.15) is 0 Å². The highest BCUT2D eigenvalue weighted by Crippen LogP contribution is 2.20. The number of amides is 1. The van der Waals surface area contributed by atoms with Crippen LogP contribution in [0.1, 0.15) is 23.2 Å². The van der Waals surface area contributed by atoms with E-state index in [0.717, 1.165) is 43.1 Å². The third-order valence-corrected chi connectivity index (χ3v) is 4.01. The molecule has 0 saturated carbocycles. The van der Waals surface area contributed by atoms with Crippen LogP contribution in [0.4, 0.5) is 0 Å². The van der Waals surface area contributed by atoms with E-state index in [1.807, 2.05) is 30.5 Å². The molecular weight excluding hydrogens is 246 g/mol. The minimum atomic E-state index is 0.0267. The van der Waals surface area contributed by atoms with Gasteiger partial charge in [0.25, 0.3) is 5.91 Å². The quantitative estimate of drug-likeness (QED) is 0.832. The monoisotopic (exact) mass is 265 g/mol. The fraction of sp³-hybridized carbons (Fsp3) is 0.500. The maximum Gasteiger partial charge on any atom is 0.252 e.